The minimum absolute atomic E-state index is 0.132. The molecular weight excluding hydrogens is 552 g/mol. The molecule has 2 aliphatic rings. The SMILES string of the molecule is CCCCN(CC1=CCC(N)C=C1)c1ccccc1NCc1ccccc1CN1CN(Cc2ccc(N)cc2)c2ccccc21. The quantitative estimate of drug-likeness (QED) is 0.137. The zero-order chi connectivity index (χ0) is 31.0. The van der Waals surface area contributed by atoms with Crippen molar-refractivity contribution in [2.75, 3.05) is 45.5 Å². The van der Waals surface area contributed by atoms with E-state index in [0.29, 0.717) is 0 Å². The summed E-state index contributed by atoms with van der Waals surface area (Å²) in [6.45, 7) is 7.46. The van der Waals surface area contributed by atoms with Gasteiger partial charge in [-0.05, 0) is 71.5 Å². The summed E-state index contributed by atoms with van der Waals surface area (Å²) in [5.41, 5.74) is 23.1. The highest BCUT2D eigenvalue weighted by molar-refractivity contribution is 5.76. The lowest BCUT2D eigenvalue weighted by atomic mass is 10.0. The van der Waals surface area contributed by atoms with E-state index in [9.17, 15) is 0 Å². The van der Waals surface area contributed by atoms with Gasteiger partial charge in [0.25, 0.3) is 0 Å². The predicted octanol–water partition coefficient (Wildman–Crippen LogP) is 7.69. The van der Waals surface area contributed by atoms with Gasteiger partial charge in [-0.2, -0.15) is 0 Å². The Morgan fingerprint density at radius 1 is 0.822 bits per heavy atom. The maximum Gasteiger partial charge on any atom is 0.0911 e. The molecule has 1 aliphatic carbocycles. The first-order valence-electron chi connectivity index (χ1n) is 16.3. The molecule has 1 aliphatic heterocycles. The average Bonchev–Trinajstić information content (AvgIpc) is 3.41. The molecule has 4 aromatic rings. The number of nitrogens with one attached hydrogen (secondary N) is 1. The van der Waals surface area contributed by atoms with Gasteiger partial charge < -0.3 is 31.5 Å². The fourth-order valence-electron chi connectivity index (χ4n) is 6.30. The molecule has 232 valence electrons. The van der Waals surface area contributed by atoms with Crippen LogP contribution < -0.4 is 31.5 Å². The summed E-state index contributed by atoms with van der Waals surface area (Å²) in [6, 6.07) is 34.7. The Bertz CT molecular complexity index is 1620. The first kappa shape index (κ1) is 30.4. The molecule has 4 aromatic carbocycles. The van der Waals surface area contributed by atoms with Gasteiger partial charge in [-0.1, -0.05) is 92.2 Å². The van der Waals surface area contributed by atoms with Gasteiger partial charge in [0.15, 0.2) is 0 Å². The standard InChI is InChI=1S/C39H46N6/c1-2-3-24-43(26-30-16-20-34(40)21-17-30)37-13-7-6-12-36(37)42-25-32-10-4-5-11-33(32)28-45-29-44(38-14-8-9-15-39(38)45)27-31-18-22-35(41)23-19-31/h4-20,22-23,34,42H,2-3,21,24-29,40-41H2,1H3. The van der Waals surface area contributed by atoms with Crippen molar-refractivity contribution in [1.82, 2.24) is 0 Å². The van der Waals surface area contributed by atoms with E-state index < -0.39 is 0 Å². The second-order valence-electron chi connectivity index (χ2n) is 12.2. The van der Waals surface area contributed by atoms with Gasteiger partial charge in [-0.3, -0.25) is 0 Å². The number of anilines is 5. The van der Waals surface area contributed by atoms with Crippen molar-refractivity contribution in [3.63, 3.8) is 0 Å². The van der Waals surface area contributed by atoms with Crippen LogP contribution in [0.25, 0.3) is 0 Å². The van der Waals surface area contributed by atoms with Gasteiger partial charge in [-0.15, -0.1) is 0 Å². The first-order valence-corrected chi connectivity index (χ1v) is 16.3. The molecule has 1 atom stereocenters. The minimum Gasteiger partial charge on any atom is -0.399 e. The van der Waals surface area contributed by atoms with Gasteiger partial charge >= 0.3 is 0 Å². The van der Waals surface area contributed by atoms with Gasteiger partial charge in [0.05, 0.1) is 29.4 Å². The number of nitrogens with two attached hydrogens (primary N) is 2. The Balaban J connectivity index is 1.17. The maximum atomic E-state index is 6.10. The molecule has 6 heteroatoms. The molecular formula is C39H46N6. The Morgan fingerprint density at radius 3 is 2.24 bits per heavy atom. The van der Waals surface area contributed by atoms with Gasteiger partial charge in [0.1, 0.15) is 0 Å². The normalized spacial score (nSPS) is 15.6. The number of unbranched alkanes of at least 4 members (excludes halogenated alkanes) is 1. The molecule has 5 N–H and O–H groups in total. The van der Waals surface area contributed by atoms with Crippen LogP contribution in [0, 0.1) is 0 Å². The minimum atomic E-state index is 0.132. The smallest absolute Gasteiger partial charge is 0.0911 e. The van der Waals surface area contributed by atoms with Crippen LogP contribution in [0.1, 0.15) is 42.9 Å². The lowest BCUT2D eigenvalue weighted by Gasteiger charge is -2.29. The fourth-order valence-corrected chi connectivity index (χ4v) is 6.30. The monoisotopic (exact) mass is 598 g/mol. The van der Waals surface area contributed by atoms with Crippen LogP contribution in [0.3, 0.4) is 0 Å². The maximum absolute atomic E-state index is 6.10. The molecule has 0 aromatic heterocycles. The van der Waals surface area contributed by atoms with Crippen molar-refractivity contribution < 1.29 is 0 Å². The molecule has 0 saturated heterocycles. The van der Waals surface area contributed by atoms with Crippen molar-refractivity contribution in [3.05, 3.63) is 138 Å². The molecule has 0 amide bonds. The van der Waals surface area contributed by atoms with E-state index in [1.807, 2.05) is 12.1 Å². The summed E-state index contributed by atoms with van der Waals surface area (Å²) in [7, 11) is 0. The third-order valence-corrected chi connectivity index (χ3v) is 8.82. The molecule has 6 rings (SSSR count). The largest absolute Gasteiger partial charge is 0.399 e. The van der Waals surface area contributed by atoms with E-state index in [0.717, 1.165) is 64.3 Å². The second kappa shape index (κ2) is 14.4. The highest BCUT2D eigenvalue weighted by atomic mass is 15.4. The number of fused-ring (bicyclic) bond motifs is 1. The van der Waals surface area contributed by atoms with Crippen LogP contribution in [-0.2, 0) is 19.6 Å². The zero-order valence-corrected chi connectivity index (χ0v) is 26.4. The van der Waals surface area contributed by atoms with E-state index in [2.05, 4.69) is 130 Å². The van der Waals surface area contributed by atoms with Crippen LogP contribution in [-0.4, -0.2) is 25.8 Å². The lowest BCUT2D eigenvalue weighted by molar-refractivity contribution is 0.735. The van der Waals surface area contributed by atoms with Gasteiger partial charge in [-0.25, -0.2) is 0 Å². The summed E-state index contributed by atoms with van der Waals surface area (Å²) in [6.07, 6.45) is 9.85. The number of nitrogen functional groups attached to an aromatic ring is 1. The highest BCUT2D eigenvalue weighted by Crippen LogP contribution is 2.38. The summed E-state index contributed by atoms with van der Waals surface area (Å²) >= 11 is 0. The molecule has 45 heavy (non-hydrogen) atoms. The topological polar surface area (TPSA) is 73.8 Å². The van der Waals surface area contributed by atoms with E-state index in [-0.39, 0.29) is 6.04 Å². The molecule has 0 bridgehead atoms. The van der Waals surface area contributed by atoms with E-state index in [4.69, 9.17) is 11.5 Å². The molecule has 0 saturated carbocycles. The molecule has 1 unspecified atom stereocenters. The van der Waals surface area contributed by atoms with Crippen molar-refractivity contribution in [2.45, 2.75) is 51.9 Å². The van der Waals surface area contributed by atoms with Crippen molar-refractivity contribution in [1.29, 1.82) is 0 Å². The van der Waals surface area contributed by atoms with Crippen LogP contribution >= 0.6 is 0 Å². The van der Waals surface area contributed by atoms with Crippen LogP contribution in [0.15, 0.2) is 121 Å². The van der Waals surface area contributed by atoms with E-state index in [1.54, 1.807) is 0 Å². The first-order chi connectivity index (χ1) is 22.1. The van der Waals surface area contributed by atoms with E-state index >= 15 is 0 Å². The van der Waals surface area contributed by atoms with Crippen LogP contribution in [0.5, 0.6) is 0 Å². The molecule has 1 heterocycles. The number of hydrogen-bond donors (Lipinski definition) is 3. The van der Waals surface area contributed by atoms with Crippen molar-refractivity contribution >= 4 is 28.4 Å². The Hall–Kier alpha value is -4.68. The van der Waals surface area contributed by atoms with Crippen LogP contribution in [0.4, 0.5) is 28.4 Å². The summed E-state index contributed by atoms with van der Waals surface area (Å²) in [5, 5.41) is 3.82. The van der Waals surface area contributed by atoms with Crippen molar-refractivity contribution in [2.24, 2.45) is 5.73 Å². The van der Waals surface area contributed by atoms with E-state index in [1.165, 1.54) is 45.0 Å². The molecule has 6 nitrogen and oxygen atoms in total. The highest BCUT2D eigenvalue weighted by Gasteiger charge is 2.26. The molecule has 0 radical (unpaired) electrons. The number of benzene rings is 4. The number of nitrogens with zero attached hydrogens (tertiary/aromatic N) is 3. The molecule has 0 spiro atoms. The number of para-hydroxylation sites is 4. The number of rotatable bonds is 13. The average molecular weight is 599 g/mol. The summed E-state index contributed by atoms with van der Waals surface area (Å²) in [4.78, 5) is 7.46. The number of hydrogen-bond acceptors (Lipinski definition) is 6. The summed E-state index contributed by atoms with van der Waals surface area (Å²) in [5.74, 6) is 0. The predicted molar refractivity (Wildman–Crippen MR) is 192 cm³/mol. The summed E-state index contributed by atoms with van der Waals surface area (Å²) < 4.78 is 0. The molecule has 0 fully saturated rings. The van der Waals surface area contributed by atoms with Gasteiger partial charge in [0.2, 0.25) is 0 Å². The second-order valence-corrected chi connectivity index (χ2v) is 12.2. The van der Waals surface area contributed by atoms with Crippen molar-refractivity contribution in [3.8, 4) is 0 Å². The third-order valence-electron chi connectivity index (χ3n) is 8.82. The van der Waals surface area contributed by atoms with Gasteiger partial charge in [0, 0.05) is 44.5 Å². The Morgan fingerprint density at radius 2 is 1.51 bits per heavy atom. The van der Waals surface area contributed by atoms with Crippen LogP contribution in [0.2, 0.25) is 0 Å². The third kappa shape index (κ3) is 7.52. The zero-order valence-electron chi connectivity index (χ0n) is 26.4. The fraction of sp³-hybridized carbons (Fsp3) is 0.282. The lowest BCUT2D eigenvalue weighted by Crippen LogP contribution is -2.30. The Kier molecular flexibility index (Phi) is 9.71. The Labute approximate surface area is 268 Å².